The predicted molar refractivity (Wildman–Crippen MR) is 110 cm³/mol. The third-order valence-electron chi connectivity index (χ3n) is 4.86. The second kappa shape index (κ2) is 11.3. The van der Waals surface area contributed by atoms with Gasteiger partial charge in [0.25, 0.3) is 0 Å². The molecular formula is C19H28Cl2N4O. The van der Waals surface area contributed by atoms with Crippen LogP contribution in [0.1, 0.15) is 31.2 Å². The second-order valence-electron chi connectivity index (χ2n) is 6.34. The number of hydrogen-bond donors (Lipinski definition) is 2. The molecule has 1 aromatic carbocycles. The van der Waals surface area contributed by atoms with Crippen LogP contribution in [0.4, 0.5) is 0 Å². The summed E-state index contributed by atoms with van der Waals surface area (Å²) in [5.74, 6) is 0.916. The molecule has 0 bridgehead atoms. The third kappa shape index (κ3) is 5.81. The monoisotopic (exact) mass is 398 g/mol. The molecule has 7 heteroatoms. The first-order valence-electron chi connectivity index (χ1n) is 8.64. The molecule has 0 aliphatic heterocycles. The molecule has 1 fully saturated rings. The van der Waals surface area contributed by atoms with Gasteiger partial charge in [-0.2, -0.15) is 0 Å². The van der Waals surface area contributed by atoms with E-state index < -0.39 is 0 Å². The minimum Gasteiger partial charge on any atom is -0.496 e. The highest BCUT2D eigenvalue weighted by Crippen LogP contribution is 2.26. The van der Waals surface area contributed by atoms with Crippen molar-refractivity contribution in [2.75, 3.05) is 14.2 Å². The maximum absolute atomic E-state index is 5.52. The number of nitrogens with zero attached hydrogens (tertiary/aromatic N) is 2. The van der Waals surface area contributed by atoms with Crippen molar-refractivity contribution in [3.63, 3.8) is 0 Å². The molecule has 0 unspecified atom stereocenters. The highest BCUT2D eigenvalue weighted by atomic mass is 35.5. The molecule has 3 rings (SSSR count). The highest BCUT2D eigenvalue weighted by molar-refractivity contribution is 5.85. The lowest BCUT2D eigenvalue weighted by Gasteiger charge is -2.29. The van der Waals surface area contributed by atoms with E-state index in [-0.39, 0.29) is 24.8 Å². The number of hydrogen-bond acceptors (Lipinski definition) is 5. The van der Waals surface area contributed by atoms with E-state index >= 15 is 0 Å². The Hall–Kier alpha value is -1.40. The summed E-state index contributed by atoms with van der Waals surface area (Å²) in [5, 5.41) is 7.07. The largest absolute Gasteiger partial charge is 0.496 e. The minimum atomic E-state index is 0. The molecule has 144 valence electrons. The van der Waals surface area contributed by atoms with Gasteiger partial charge in [-0.05, 0) is 50.9 Å². The lowest BCUT2D eigenvalue weighted by Crippen LogP contribution is -2.38. The highest BCUT2D eigenvalue weighted by Gasteiger charge is 2.19. The fourth-order valence-electron chi connectivity index (χ4n) is 3.36. The van der Waals surface area contributed by atoms with Gasteiger partial charge < -0.3 is 15.4 Å². The Morgan fingerprint density at radius 2 is 1.81 bits per heavy atom. The summed E-state index contributed by atoms with van der Waals surface area (Å²) in [6.45, 7) is 0.812. The smallest absolute Gasteiger partial charge is 0.123 e. The molecule has 0 atom stereocenters. The van der Waals surface area contributed by atoms with E-state index in [1.54, 1.807) is 25.7 Å². The average molecular weight is 399 g/mol. The standard InChI is InChI=1S/C19H26N4O.2ClH/c1-20-16-4-6-17(7-5-16)23-12-15-11-14(3-8-19(15)24-2)18-13-21-9-10-22-18;;/h3,8-11,13,16-17,20,23H,4-7,12H2,1-2H3;2*1H. The molecule has 1 heterocycles. The van der Waals surface area contributed by atoms with E-state index in [9.17, 15) is 0 Å². The molecule has 2 N–H and O–H groups in total. The predicted octanol–water partition coefficient (Wildman–Crippen LogP) is 3.62. The first kappa shape index (κ1) is 22.6. The molecule has 1 saturated carbocycles. The van der Waals surface area contributed by atoms with Gasteiger partial charge >= 0.3 is 0 Å². The van der Waals surface area contributed by atoms with Crippen LogP contribution in [0, 0.1) is 0 Å². The summed E-state index contributed by atoms with van der Waals surface area (Å²) >= 11 is 0. The van der Waals surface area contributed by atoms with Crippen LogP contribution < -0.4 is 15.4 Å². The minimum absolute atomic E-state index is 0. The normalized spacial score (nSPS) is 19.2. The van der Waals surface area contributed by atoms with Crippen molar-refractivity contribution in [1.82, 2.24) is 20.6 Å². The first-order valence-corrected chi connectivity index (χ1v) is 8.64. The quantitative estimate of drug-likeness (QED) is 0.777. The van der Waals surface area contributed by atoms with Gasteiger partial charge in [-0.1, -0.05) is 0 Å². The van der Waals surface area contributed by atoms with E-state index in [4.69, 9.17) is 4.74 Å². The van der Waals surface area contributed by atoms with Crippen molar-refractivity contribution in [3.05, 3.63) is 42.4 Å². The van der Waals surface area contributed by atoms with Crippen molar-refractivity contribution in [1.29, 1.82) is 0 Å². The SMILES string of the molecule is CNC1CCC(NCc2cc(-c3cnccn3)ccc2OC)CC1.Cl.Cl. The number of ether oxygens (including phenoxy) is 1. The Labute approximate surface area is 168 Å². The van der Waals surface area contributed by atoms with Crippen molar-refractivity contribution in [3.8, 4) is 17.0 Å². The second-order valence-corrected chi connectivity index (χ2v) is 6.34. The van der Waals surface area contributed by atoms with Crippen molar-refractivity contribution >= 4 is 24.8 Å². The summed E-state index contributed by atoms with van der Waals surface area (Å²) in [4.78, 5) is 8.54. The number of benzene rings is 1. The zero-order chi connectivity index (χ0) is 16.8. The van der Waals surface area contributed by atoms with Gasteiger partial charge in [-0.15, -0.1) is 24.8 Å². The van der Waals surface area contributed by atoms with Crippen LogP contribution >= 0.6 is 24.8 Å². The maximum atomic E-state index is 5.52. The molecule has 1 aromatic heterocycles. The van der Waals surface area contributed by atoms with Gasteiger partial charge in [0.05, 0.1) is 19.0 Å². The van der Waals surface area contributed by atoms with Gasteiger partial charge in [0, 0.05) is 42.1 Å². The van der Waals surface area contributed by atoms with Gasteiger partial charge in [0.2, 0.25) is 0 Å². The molecule has 0 radical (unpaired) electrons. The number of methoxy groups -OCH3 is 1. The van der Waals surface area contributed by atoms with E-state index in [0.29, 0.717) is 12.1 Å². The molecule has 2 aromatic rings. The van der Waals surface area contributed by atoms with Crippen LogP contribution in [0.3, 0.4) is 0 Å². The van der Waals surface area contributed by atoms with E-state index in [2.05, 4.69) is 33.7 Å². The van der Waals surface area contributed by atoms with Gasteiger partial charge in [0.1, 0.15) is 5.75 Å². The van der Waals surface area contributed by atoms with Gasteiger partial charge in [-0.3, -0.25) is 9.97 Å². The first-order chi connectivity index (χ1) is 11.8. The van der Waals surface area contributed by atoms with Crippen LogP contribution in [0.5, 0.6) is 5.75 Å². The molecule has 0 saturated heterocycles. The molecule has 0 spiro atoms. The lowest BCUT2D eigenvalue weighted by molar-refractivity contribution is 0.315. The van der Waals surface area contributed by atoms with Crippen molar-refractivity contribution < 1.29 is 4.74 Å². The fourth-order valence-corrected chi connectivity index (χ4v) is 3.36. The fraction of sp³-hybridized carbons (Fsp3) is 0.474. The number of aromatic nitrogens is 2. The summed E-state index contributed by atoms with van der Waals surface area (Å²) in [6.07, 6.45) is 10.1. The van der Waals surface area contributed by atoms with Crippen molar-refractivity contribution in [2.24, 2.45) is 0 Å². The van der Waals surface area contributed by atoms with Crippen LogP contribution in [-0.4, -0.2) is 36.2 Å². The molecule has 5 nitrogen and oxygen atoms in total. The Morgan fingerprint density at radius 3 is 2.42 bits per heavy atom. The van der Waals surface area contributed by atoms with Gasteiger partial charge in [0.15, 0.2) is 0 Å². The average Bonchev–Trinajstić information content (AvgIpc) is 2.67. The zero-order valence-corrected chi connectivity index (χ0v) is 16.9. The van der Waals surface area contributed by atoms with Crippen LogP contribution in [0.15, 0.2) is 36.8 Å². The topological polar surface area (TPSA) is 59.1 Å². The summed E-state index contributed by atoms with van der Waals surface area (Å²) in [5.41, 5.74) is 3.12. The maximum Gasteiger partial charge on any atom is 0.123 e. The number of nitrogens with one attached hydrogen (secondary N) is 2. The van der Waals surface area contributed by atoms with Crippen molar-refractivity contribution in [2.45, 2.75) is 44.3 Å². The van der Waals surface area contributed by atoms with Gasteiger partial charge in [-0.25, -0.2) is 0 Å². The lowest BCUT2D eigenvalue weighted by atomic mass is 9.91. The number of halogens is 2. The summed E-state index contributed by atoms with van der Waals surface area (Å²) < 4.78 is 5.52. The number of rotatable bonds is 6. The Kier molecular flexibility index (Phi) is 9.88. The van der Waals surface area contributed by atoms with E-state index in [1.807, 2.05) is 12.1 Å². The summed E-state index contributed by atoms with van der Waals surface area (Å²) in [6, 6.07) is 7.45. The van der Waals surface area contributed by atoms with Crippen LogP contribution in [0.2, 0.25) is 0 Å². The zero-order valence-electron chi connectivity index (χ0n) is 15.3. The Balaban J connectivity index is 0.00000169. The Bertz CT molecular complexity index is 649. The van der Waals surface area contributed by atoms with Crippen LogP contribution in [0.25, 0.3) is 11.3 Å². The van der Waals surface area contributed by atoms with E-state index in [0.717, 1.165) is 29.1 Å². The summed E-state index contributed by atoms with van der Waals surface area (Å²) in [7, 11) is 3.78. The Morgan fingerprint density at radius 1 is 1.08 bits per heavy atom. The molecule has 1 aliphatic carbocycles. The van der Waals surface area contributed by atoms with E-state index in [1.165, 1.54) is 25.7 Å². The van der Waals surface area contributed by atoms with Crippen LogP contribution in [-0.2, 0) is 6.54 Å². The third-order valence-corrected chi connectivity index (χ3v) is 4.86. The molecule has 26 heavy (non-hydrogen) atoms. The molecule has 0 amide bonds. The molecular weight excluding hydrogens is 371 g/mol. The molecule has 1 aliphatic rings.